The van der Waals surface area contributed by atoms with Crippen molar-refractivity contribution >= 4 is 28.1 Å². The van der Waals surface area contributed by atoms with E-state index in [-0.39, 0.29) is 5.41 Å². The molecule has 0 aliphatic rings. The van der Waals surface area contributed by atoms with Crippen LogP contribution in [0.4, 0.5) is 5.13 Å². The lowest BCUT2D eigenvalue weighted by molar-refractivity contribution is 0.602. The molecule has 1 aromatic rings. The molecule has 2 nitrogen and oxygen atoms in total. The number of rotatable bonds is 0. The minimum absolute atomic E-state index is 0.0480. The van der Waals surface area contributed by atoms with Crippen LogP contribution >= 0.6 is 22.9 Å². The van der Waals surface area contributed by atoms with Crippen molar-refractivity contribution in [1.29, 1.82) is 0 Å². The number of hydrogen-bond acceptors (Lipinski definition) is 3. The molecule has 0 fully saturated rings. The molecule has 1 aromatic heterocycles. The summed E-state index contributed by atoms with van der Waals surface area (Å²) in [7, 11) is 0. The van der Waals surface area contributed by atoms with Crippen molar-refractivity contribution in [1.82, 2.24) is 4.98 Å². The summed E-state index contributed by atoms with van der Waals surface area (Å²) >= 11 is 7.31. The van der Waals surface area contributed by atoms with Gasteiger partial charge in [0.2, 0.25) is 0 Å². The maximum atomic E-state index is 5.85. The van der Waals surface area contributed by atoms with Crippen LogP contribution < -0.4 is 5.73 Å². The molecule has 0 aliphatic heterocycles. The van der Waals surface area contributed by atoms with Gasteiger partial charge in [0.25, 0.3) is 0 Å². The standard InChI is InChI=1S/C7H11ClN2S/c1-7(2,3)4-5(8)10-6(9)11-4/h1-3H3,(H2,9,10). The lowest BCUT2D eigenvalue weighted by Gasteiger charge is -2.15. The molecule has 0 atom stereocenters. The molecule has 1 rings (SSSR count). The van der Waals surface area contributed by atoms with E-state index in [1.165, 1.54) is 11.3 Å². The average molecular weight is 191 g/mol. The van der Waals surface area contributed by atoms with Crippen LogP contribution in [0.2, 0.25) is 5.15 Å². The fourth-order valence-electron chi connectivity index (χ4n) is 0.780. The Morgan fingerprint density at radius 2 is 2.00 bits per heavy atom. The fraction of sp³-hybridized carbons (Fsp3) is 0.571. The fourth-order valence-corrected chi connectivity index (χ4v) is 2.10. The summed E-state index contributed by atoms with van der Waals surface area (Å²) in [5.74, 6) is 0. The minimum Gasteiger partial charge on any atom is -0.375 e. The molecular formula is C7H11ClN2S. The quantitative estimate of drug-likeness (QED) is 0.683. The molecule has 0 unspecified atom stereocenters. The molecule has 0 amide bonds. The van der Waals surface area contributed by atoms with Gasteiger partial charge in [-0.05, 0) is 5.41 Å². The summed E-state index contributed by atoms with van der Waals surface area (Å²) in [6, 6.07) is 0. The normalized spacial score (nSPS) is 12.0. The molecule has 0 aromatic carbocycles. The molecular weight excluding hydrogens is 180 g/mol. The first-order valence-electron chi connectivity index (χ1n) is 3.33. The SMILES string of the molecule is CC(C)(C)c1sc(N)nc1Cl. The largest absolute Gasteiger partial charge is 0.375 e. The van der Waals surface area contributed by atoms with Crippen molar-refractivity contribution < 1.29 is 0 Å². The number of nitrogens with two attached hydrogens (primary N) is 1. The molecule has 0 spiro atoms. The summed E-state index contributed by atoms with van der Waals surface area (Å²) in [6.45, 7) is 6.27. The van der Waals surface area contributed by atoms with Crippen molar-refractivity contribution in [2.45, 2.75) is 26.2 Å². The zero-order chi connectivity index (χ0) is 8.65. The maximum Gasteiger partial charge on any atom is 0.181 e. The van der Waals surface area contributed by atoms with Gasteiger partial charge in [0.1, 0.15) is 5.15 Å². The topological polar surface area (TPSA) is 38.9 Å². The molecule has 0 bridgehead atoms. The van der Waals surface area contributed by atoms with E-state index in [1.54, 1.807) is 0 Å². The number of anilines is 1. The van der Waals surface area contributed by atoms with Crippen LogP contribution in [0.1, 0.15) is 25.6 Å². The van der Waals surface area contributed by atoms with Gasteiger partial charge < -0.3 is 5.73 Å². The first kappa shape index (κ1) is 8.81. The van der Waals surface area contributed by atoms with E-state index in [4.69, 9.17) is 17.3 Å². The molecule has 0 radical (unpaired) electrons. The van der Waals surface area contributed by atoms with E-state index in [2.05, 4.69) is 25.8 Å². The van der Waals surface area contributed by atoms with Crippen molar-refractivity contribution in [3.63, 3.8) is 0 Å². The highest BCUT2D eigenvalue weighted by Gasteiger charge is 2.21. The predicted octanol–water partition coefficient (Wildman–Crippen LogP) is 2.68. The predicted molar refractivity (Wildman–Crippen MR) is 50.2 cm³/mol. The zero-order valence-electron chi connectivity index (χ0n) is 6.81. The Morgan fingerprint density at radius 3 is 2.18 bits per heavy atom. The molecule has 2 N–H and O–H groups in total. The van der Waals surface area contributed by atoms with E-state index < -0.39 is 0 Å². The third-order valence-electron chi connectivity index (χ3n) is 1.28. The highest BCUT2D eigenvalue weighted by molar-refractivity contribution is 7.16. The summed E-state index contributed by atoms with van der Waals surface area (Å²) in [6.07, 6.45) is 0. The summed E-state index contributed by atoms with van der Waals surface area (Å²) in [4.78, 5) is 4.99. The van der Waals surface area contributed by atoms with E-state index in [1.807, 2.05) is 0 Å². The van der Waals surface area contributed by atoms with Gasteiger partial charge in [-0.3, -0.25) is 0 Å². The average Bonchev–Trinajstić information content (AvgIpc) is 2.08. The van der Waals surface area contributed by atoms with Crippen molar-refractivity contribution in [3.8, 4) is 0 Å². The maximum absolute atomic E-state index is 5.85. The second-order valence-electron chi connectivity index (χ2n) is 3.42. The number of thiazole rings is 1. The Balaban J connectivity index is 3.13. The van der Waals surface area contributed by atoms with Crippen LogP contribution in [0.25, 0.3) is 0 Å². The first-order valence-corrected chi connectivity index (χ1v) is 4.53. The Labute approximate surface area is 75.4 Å². The molecule has 1 heterocycles. The Morgan fingerprint density at radius 1 is 1.45 bits per heavy atom. The number of hydrogen-bond donors (Lipinski definition) is 1. The van der Waals surface area contributed by atoms with Crippen LogP contribution in [0.15, 0.2) is 0 Å². The minimum atomic E-state index is 0.0480. The molecule has 62 valence electrons. The van der Waals surface area contributed by atoms with Gasteiger partial charge in [0, 0.05) is 0 Å². The Hall–Kier alpha value is -0.280. The van der Waals surface area contributed by atoms with Gasteiger partial charge in [-0.2, -0.15) is 0 Å². The van der Waals surface area contributed by atoms with Crippen LogP contribution in [0.5, 0.6) is 0 Å². The van der Waals surface area contributed by atoms with Gasteiger partial charge in [0.15, 0.2) is 5.13 Å². The number of aromatic nitrogens is 1. The molecule has 0 saturated heterocycles. The van der Waals surface area contributed by atoms with Crippen LogP contribution in [-0.4, -0.2) is 4.98 Å². The van der Waals surface area contributed by atoms with E-state index in [9.17, 15) is 0 Å². The van der Waals surface area contributed by atoms with Crippen molar-refractivity contribution in [2.24, 2.45) is 0 Å². The van der Waals surface area contributed by atoms with Gasteiger partial charge in [-0.25, -0.2) is 4.98 Å². The van der Waals surface area contributed by atoms with Gasteiger partial charge >= 0.3 is 0 Å². The summed E-state index contributed by atoms with van der Waals surface area (Å²) < 4.78 is 0. The van der Waals surface area contributed by atoms with Crippen LogP contribution in [0.3, 0.4) is 0 Å². The van der Waals surface area contributed by atoms with Gasteiger partial charge in [0.05, 0.1) is 4.88 Å². The lowest BCUT2D eigenvalue weighted by Crippen LogP contribution is -2.08. The summed E-state index contributed by atoms with van der Waals surface area (Å²) in [5.41, 5.74) is 5.55. The van der Waals surface area contributed by atoms with Crippen molar-refractivity contribution in [3.05, 3.63) is 10.0 Å². The molecule has 0 aliphatic carbocycles. The second kappa shape index (κ2) is 2.64. The van der Waals surface area contributed by atoms with E-state index >= 15 is 0 Å². The zero-order valence-corrected chi connectivity index (χ0v) is 8.38. The number of nitrogen functional groups attached to an aromatic ring is 1. The third-order valence-corrected chi connectivity index (χ3v) is 2.98. The van der Waals surface area contributed by atoms with Gasteiger partial charge in [-0.1, -0.05) is 32.4 Å². The molecule has 11 heavy (non-hydrogen) atoms. The lowest BCUT2D eigenvalue weighted by atomic mass is 9.95. The van der Waals surface area contributed by atoms with E-state index in [0.29, 0.717) is 10.3 Å². The highest BCUT2D eigenvalue weighted by atomic mass is 35.5. The Bertz CT molecular complexity index is 262. The van der Waals surface area contributed by atoms with Gasteiger partial charge in [-0.15, -0.1) is 11.3 Å². The smallest absolute Gasteiger partial charge is 0.181 e. The number of halogens is 1. The number of nitrogens with zero attached hydrogens (tertiary/aromatic N) is 1. The highest BCUT2D eigenvalue weighted by Crippen LogP contribution is 2.35. The Kier molecular flexibility index (Phi) is 2.12. The van der Waals surface area contributed by atoms with Crippen LogP contribution in [0, 0.1) is 0 Å². The monoisotopic (exact) mass is 190 g/mol. The van der Waals surface area contributed by atoms with E-state index in [0.717, 1.165) is 4.88 Å². The van der Waals surface area contributed by atoms with Crippen molar-refractivity contribution in [2.75, 3.05) is 5.73 Å². The first-order chi connectivity index (χ1) is 4.91. The molecule has 4 heteroatoms. The summed E-state index contributed by atoms with van der Waals surface area (Å²) in [5, 5.41) is 1.08. The molecule has 0 saturated carbocycles. The third kappa shape index (κ3) is 1.84. The van der Waals surface area contributed by atoms with Crippen LogP contribution in [-0.2, 0) is 5.41 Å². The second-order valence-corrected chi connectivity index (χ2v) is 4.81.